The molecule has 0 radical (unpaired) electrons. The molecule has 1 heterocycles. The zero-order valence-corrected chi connectivity index (χ0v) is 8.91. The van der Waals surface area contributed by atoms with E-state index in [1.165, 1.54) is 0 Å². The fraction of sp³-hybridized carbons (Fsp3) is 0.500. The van der Waals surface area contributed by atoms with Crippen molar-refractivity contribution in [3.63, 3.8) is 0 Å². The molecule has 0 fully saturated rings. The van der Waals surface area contributed by atoms with Gasteiger partial charge in [0.2, 0.25) is 17.7 Å². The first-order valence-electron chi connectivity index (χ1n) is 4.86. The molecule has 1 aromatic heterocycles. The predicted molar refractivity (Wildman–Crippen MR) is 56.4 cm³/mol. The average molecular weight is 226 g/mol. The van der Waals surface area contributed by atoms with Gasteiger partial charge in [0.1, 0.15) is 0 Å². The first-order valence-corrected chi connectivity index (χ1v) is 4.86. The molecule has 16 heavy (non-hydrogen) atoms. The minimum atomic E-state index is -0.518. The Morgan fingerprint density at radius 3 is 2.75 bits per heavy atom. The molecule has 1 aromatic rings. The Morgan fingerprint density at radius 1 is 1.44 bits per heavy atom. The highest BCUT2D eigenvalue weighted by atomic mass is 16.2. The standard InChI is InChI=1S/C8H14N6O2/c1-2-3-10-5(15)4-11-7(16)6-12-8(9)14-13-6/h2-4H2,1H3,(H,10,15)(H,11,16)(H3,9,12,13,14). The molecule has 0 aliphatic rings. The quantitative estimate of drug-likeness (QED) is 0.493. The van der Waals surface area contributed by atoms with Crippen molar-refractivity contribution >= 4 is 17.8 Å². The summed E-state index contributed by atoms with van der Waals surface area (Å²) in [7, 11) is 0. The normalized spacial score (nSPS) is 9.81. The zero-order chi connectivity index (χ0) is 12.0. The van der Waals surface area contributed by atoms with E-state index in [0.717, 1.165) is 6.42 Å². The Labute approximate surface area is 92.0 Å². The fourth-order valence-corrected chi connectivity index (χ4v) is 0.948. The summed E-state index contributed by atoms with van der Waals surface area (Å²) in [5, 5.41) is 10.8. The minimum Gasteiger partial charge on any atom is -0.366 e. The monoisotopic (exact) mass is 226 g/mol. The number of hydrogen-bond donors (Lipinski definition) is 4. The molecule has 2 amide bonds. The number of nitrogens with one attached hydrogen (secondary N) is 3. The summed E-state index contributed by atoms with van der Waals surface area (Å²) in [5.74, 6) is -0.792. The fourth-order valence-electron chi connectivity index (χ4n) is 0.948. The van der Waals surface area contributed by atoms with E-state index < -0.39 is 5.91 Å². The molecule has 1 rings (SSSR count). The molecule has 0 spiro atoms. The highest BCUT2D eigenvalue weighted by Gasteiger charge is 2.11. The van der Waals surface area contributed by atoms with Gasteiger partial charge in [-0.2, -0.15) is 4.98 Å². The maximum atomic E-state index is 11.4. The lowest BCUT2D eigenvalue weighted by Gasteiger charge is -2.03. The molecule has 0 atom stereocenters. The van der Waals surface area contributed by atoms with Crippen molar-refractivity contribution < 1.29 is 9.59 Å². The summed E-state index contributed by atoms with van der Waals surface area (Å²) < 4.78 is 0. The Hall–Kier alpha value is -2.12. The van der Waals surface area contributed by atoms with E-state index in [-0.39, 0.29) is 24.2 Å². The third-order valence-electron chi connectivity index (χ3n) is 1.70. The number of carbonyl (C=O) groups is 2. The van der Waals surface area contributed by atoms with Gasteiger partial charge in [-0.15, -0.1) is 5.10 Å². The molecule has 0 aromatic carbocycles. The molecule has 8 nitrogen and oxygen atoms in total. The molecular formula is C8H14N6O2. The number of rotatable bonds is 5. The average Bonchev–Trinajstić information content (AvgIpc) is 2.69. The maximum Gasteiger partial charge on any atom is 0.289 e. The highest BCUT2D eigenvalue weighted by molar-refractivity contribution is 5.93. The van der Waals surface area contributed by atoms with Crippen LogP contribution in [0.1, 0.15) is 24.0 Å². The zero-order valence-electron chi connectivity index (χ0n) is 8.91. The van der Waals surface area contributed by atoms with Crippen LogP contribution in [0.4, 0.5) is 5.95 Å². The van der Waals surface area contributed by atoms with Gasteiger partial charge in [0.15, 0.2) is 0 Å². The Morgan fingerprint density at radius 2 is 2.19 bits per heavy atom. The van der Waals surface area contributed by atoms with Crippen LogP contribution in [0.5, 0.6) is 0 Å². The van der Waals surface area contributed by atoms with Crippen LogP contribution in [-0.4, -0.2) is 40.1 Å². The van der Waals surface area contributed by atoms with E-state index in [0.29, 0.717) is 6.54 Å². The van der Waals surface area contributed by atoms with Crippen LogP contribution in [0.3, 0.4) is 0 Å². The van der Waals surface area contributed by atoms with Crippen LogP contribution in [0, 0.1) is 0 Å². The van der Waals surface area contributed by atoms with Gasteiger partial charge < -0.3 is 16.4 Å². The van der Waals surface area contributed by atoms with Crippen LogP contribution in [0.15, 0.2) is 0 Å². The number of amides is 2. The summed E-state index contributed by atoms with van der Waals surface area (Å²) in [6.07, 6.45) is 0.846. The second kappa shape index (κ2) is 5.69. The molecule has 0 saturated heterocycles. The number of hydrogen-bond acceptors (Lipinski definition) is 5. The van der Waals surface area contributed by atoms with Crippen molar-refractivity contribution in [3.8, 4) is 0 Å². The lowest BCUT2D eigenvalue weighted by molar-refractivity contribution is -0.120. The van der Waals surface area contributed by atoms with Crippen LogP contribution < -0.4 is 16.4 Å². The van der Waals surface area contributed by atoms with Crippen LogP contribution >= 0.6 is 0 Å². The number of nitrogens with two attached hydrogens (primary N) is 1. The highest BCUT2D eigenvalue weighted by Crippen LogP contribution is 1.91. The topological polar surface area (TPSA) is 126 Å². The van der Waals surface area contributed by atoms with Crippen molar-refractivity contribution in [2.24, 2.45) is 0 Å². The first kappa shape index (κ1) is 12.0. The van der Waals surface area contributed by atoms with Crippen LogP contribution in [0.25, 0.3) is 0 Å². The molecule has 0 unspecified atom stereocenters. The summed E-state index contributed by atoms with van der Waals surface area (Å²) in [6, 6.07) is 0. The number of H-pyrrole nitrogens is 1. The van der Waals surface area contributed by atoms with E-state index >= 15 is 0 Å². The number of nitrogens with zero attached hydrogens (tertiary/aromatic N) is 2. The van der Waals surface area contributed by atoms with Crippen molar-refractivity contribution in [1.82, 2.24) is 25.8 Å². The van der Waals surface area contributed by atoms with Gasteiger partial charge in [-0.05, 0) is 6.42 Å². The van der Waals surface area contributed by atoms with Crippen LogP contribution in [-0.2, 0) is 4.79 Å². The SMILES string of the molecule is CCCNC(=O)CNC(=O)c1nc(N)n[nH]1. The Bertz CT molecular complexity index is 374. The van der Waals surface area contributed by atoms with Crippen molar-refractivity contribution in [2.45, 2.75) is 13.3 Å². The Kier molecular flexibility index (Phi) is 4.25. The third kappa shape index (κ3) is 3.56. The van der Waals surface area contributed by atoms with Gasteiger partial charge >= 0.3 is 0 Å². The van der Waals surface area contributed by atoms with Gasteiger partial charge in [-0.3, -0.25) is 14.7 Å². The molecule has 0 bridgehead atoms. The van der Waals surface area contributed by atoms with E-state index in [1.807, 2.05) is 6.92 Å². The van der Waals surface area contributed by atoms with Gasteiger partial charge in [0.05, 0.1) is 6.54 Å². The van der Waals surface area contributed by atoms with Crippen molar-refractivity contribution in [2.75, 3.05) is 18.8 Å². The van der Waals surface area contributed by atoms with Gasteiger partial charge in [-0.25, -0.2) is 0 Å². The maximum absolute atomic E-state index is 11.4. The summed E-state index contributed by atoms with van der Waals surface area (Å²) >= 11 is 0. The van der Waals surface area contributed by atoms with Gasteiger partial charge in [0, 0.05) is 6.54 Å². The third-order valence-corrected chi connectivity index (χ3v) is 1.70. The van der Waals surface area contributed by atoms with Crippen molar-refractivity contribution in [3.05, 3.63) is 5.82 Å². The lowest BCUT2D eigenvalue weighted by atomic mass is 10.4. The Balaban J connectivity index is 2.33. The summed E-state index contributed by atoms with van der Waals surface area (Å²) in [4.78, 5) is 26.1. The van der Waals surface area contributed by atoms with E-state index in [2.05, 4.69) is 25.8 Å². The lowest BCUT2D eigenvalue weighted by Crippen LogP contribution is -2.37. The molecular weight excluding hydrogens is 212 g/mol. The number of aromatic nitrogens is 3. The molecule has 0 aliphatic carbocycles. The van der Waals surface area contributed by atoms with E-state index in [4.69, 9.17) is 5.73 Å². The predicted octanol–water partition coefficient (Wildman–Crippen LogP) is -1.36. The molecule has 0 saturated carbocycles. The number of carbonyl (C=O) groups excluding carboxylic acids is 2. The number of anilines is 1. The van der Waals surface area contributed by atoms with E-state index in [9.17, 15) is 9.59 Å². The second-order valence-corrected chi connectivity index (χ2v) is 3.07. The number of aromatic amines is 1. The van der Waals surface area contributed by atoms with E-state index in [1.54, 1.807) is 0 Å². The summed E-state index contributed by atoms with van der Waals surface area (Å²) in [5.41, 5.74) is 5.23. The molecule has 8 heteroatoms. The largest absolute Gasteiger partial charge is 0.366 e. The second-order valence-electron chi connectivity index (χ2n) is 3.07. The first-order chi connectivity index (χ1) is 7.63. The van der Waals surface area contributed by atoms with Crippen LogP contribution in [0.2, 0.25) is 0 Å². The van der Waals surface area contributed by atoms with Crippen molar-refractivity contribution in [1.29, 1.82) is 0 Å². The minimum absolute atomic E-state index is 0.0132. The van der Waals surface area contributed by atoms with Gasteiger partial charge in [-0.1, -0.05) is 6.92 Å². The molecule has 88 valence electrons. The van der Waals surface area contributed by atoms with Gasteiger partial charge in [0.25, 0.3) is 5.91 Å². The molecule has 0 aliphatic heterocycles. The molecule has 5 N–H and O–H groups in total. The number of nitrogen functional groups attached to an aromatic ring is 1. The smallest absolute Gasteiger partial charge is 0.289 e. The summed E-state index contributed by atoms with van der Waals surface area (Å²) in [6.45, 7) is 2.43.